The first-order chi connectivity index (χ1) is 9.63. The van der Waals surface area contributed by atoms with Crippen molar-refractivity contribution in [3.63, 3.8) is 0 Å². The molecule has 0 saturated heterocycles. The van der Waals surface area contributed by atoms with Crippen LogP contribution in [-0.4, -0.2) is 7.11 Å². The number of thioether (sulfide) groups is 1. The van der Waals surface area contributed by atoms with Crippen LogP contribution in [0.1, 0.15) is 11.1 Å². The average molecular weight is 305 g/mol. The van der Waals surface area contributed by atoms with E-state index in [1.165, 1.54) is 0 Å². The van der Waals surface area contributed by atoms with Crippen LogP contribution < -0.4 is 10.5 Å². The molecule has 0 aromatic heterocycles. The number of nitrogens with zero attached hydrogens (tertiary/aromatic N) is 1. The molecule has 2 aromatic rings. The molecule has 2 aromatic carbocycles. The molecule has 0 bridgehead atoms. The Morgan fingerprint density at radius 1 is 1.30 bits per heavy atom. The summed E-state index contributed by atoms with van der Waals surface area (Å²) in [5.41, 5.74) is 7.89. The summed E-state index contributed by atoms with van der Waals surface area (Å²) >= 11 is 7.72. The molecule has 0 radical (unpaired) electrons. The lowest BCUT2D eigenvalue weighted by molar-refractivity contribution is 0.411. The van der Waals surface area contributed by atoms with Gasteiger partial charge in [-0.25, -0.2) is 0 Å². The Hall–Kier alpha value is -1.83. The third kappa shape index (κ3) is 3.38. The first-order valence-electron chi connectivity index (χ1n) is 5.89. The number of methoxy groups -OCH3 is 1. The molecule has 2 N–H and O–H groups in total. The Labute approximate surface area is 127 Å². The fourth-order valence-electron chi connectivity index (χ4n) is 1.75. The molecular weight excluding hydrogens is 292 g/mol. The normalized spacial score (nSPS) is 10.1. The van der Waals surface area contributed by atoms with Gasteiger partial charge in [-0.3, -0.25) is 0 Å². The second kappa shape index (κ2) is 6.56. The molecule has 0 amide bonds. The van der Waals surface area contributed by atoms with E-state index in [1.807, 2.05) is 18.2 Å². The van der Waals surface area contributed by atoms with Crippen molar-refractivity contribution in [1.82, 2.24) is 0 Å². The molecule has 0 aliphatic rings. The van der Waals surface area contributed by atoms with Crippen LogP contribution in [0.5, 0.6) is 5.75 Å². The molecule has 3 nitrogen and oxygen atoms in total. The zero-order valence-electron chi connectivity index (χ0n) is 10.9. The number of ether oxygens (including phenoxy) is 1. The molecule has 0 atom stereocenters. The standard InChI is InChI=1S/C15H13ClN2OS/c1-19-14-4-2-10(8-17)6-11(14)9-20-15-5-3-12(18)7-13(15)16/h2-7H,9,18H2,1H3. The number of hydrogen-bond donors (Lipinski definition) is 1. The second-order valence-electron chi connectivity index (χ2n) is 4.12. The summed E-state index contributed by atoms with van der Waals surface area (Å²) in [5.74, 6) is 1.44. The molecule has 0 unspecified atom stereocenters. The zero-order chi connectivity index (χ0) is 14.5. The van der Waals surface area contributed by atoms with E-state index in [9.17, 15) is 0 Å². The van der Waals surface area contributed by atoms with Crippen molar-refractivity contribution in [2.24, 2.45) is 0 Å². The van der Waals surface area contributed by atoms with Crippen molar-refractivity contribution < 1.29 is 4.74 Å². The highest BCUT2D eigenvalue weighted by molar-refractivity contribution is 7.98. The van der Waals surface area contributed by atoms with Gasteiger partial charge >= 0.3 is 0 Å². The van der Waals surface area contributed by atoms with E-state index in [4.69, 9.17) is 27.3 Å². The predicted molar refractivity (Wildman–Crippen MR) is 83.1 cm³/mol. The minimum absolute atomic E-state index is 0.616. The molecule has 0 heterocycles. The van der Waals surface area contributed by atoms with Gasteiger partial charge in [0.2, 0.25) is 0 Å². The Morgan fingerprint density at radius 3 is 2.75 bits per heavy atom. The number of anilines is 1. The molecule has 102 valence electrons. The van der Waals surface area contributed by atoms with E-state index in [0.717, 1.165) is 16.2 Å². The fourth-order valence-corrected chi connectivity index (χ4v) is 3.00. The van der Waals surface area contributed by atoms with Crippen LogP contribution in [0, 0.1) is 11.3 Å². The van der Waals surface area contributed by atoms with Crippen molar-refractivity contribution in [2.45, 2.75) is 10.6 Å². The van der Waals surface area contributed by atoms with Crippen molar-refractivity contribution in [3.05, 3.63) is 52.5 Å². The third-order valence-corrected chi connectivity index (χ3v) is 4.30. The number of hydrogen-bond acceptors (Lipinski definition) is 4. The van der Waals surface area contributed by atoms with Crippen LogP contribution in [0.2, 0.25) is 5.02 Å². The van der Waals surface area contributed by atoms with Crippen molar-refractivity contribution in [3.8, 4) is 11.8 Å². The molecule has 20 heavy (non-hydrogen) atoms. The number of nitrogen functional groups attached to an aromatic ring is 1. The van der Waals surface area contributed by atoms with Gasteiger partial charge in [0.15, 0.2) is 0 Å². The van der Waals surface area contributed by atoms with Gasteiger partial charge in [-0.2, -0.15) is 5.26 Å². The van der Waals surface area contributed by atoms with Gasteiger partial charge < -0.3 is 10.5 Å². The molecular formula is C15H13ClN2OS. The highest BCUT2D eigenvalue weighted by Crippen LogP contribution is 2.33. The van der Waals surface area contributed by atoms with Gasteiger partial charge in [0, 0.05) is 21.9 Å². The average Bonchev–Trinajstić information content (AvgIpc) is 2.46. The fraction of sp³-hybridized carbons (Fsp3) is 0.133. The lowest BCUT2D eigenvalue weighted by Crippen LogP contribution is -1.92. The van der Waals surface area contributed by atoms with E-state index in [1.54, 1.807) is 37.1 Å². The monoisotopic (exact) mass is 304 g/mol. The van der Waals surface area contributed by atoms with E-state index in [0.29, 0.717) is 22.0 Å². The molecule has 0 aliphatic carbocycles. The number of nitrogens with two attached hydrogens (primary N) is 1. The molecule has 0 spiro atoms. The van der Waals surface area contributed by atoms with Gasteiger partial charge in [0.25, 0.3) is 0 Å². The highest BCUT2D eigenvalue weighted by Gasteiger charge is 2.07. The molecule has 0 fully saturated rings. The zero-order valence-corrected chi connectivity index (χ0v) is 12.5. The molecule has 5 heteroatoms. The summed E-state index contributed by atoms with van der Waals surface area (Å²) < 4.78 is 5.31. The Kier molecular flexibility index (Phi) is 4.78. The van der Waals surface area contributed by atoms with E-state index < -0.39 is 0 Å². The SMILES string of the molecule is COc1ccc(C#N)cc1CSc1ccc(N)cc1Cl. The van der Waals surface area contributed by atoms with Crippen LogP contribution in [0.25, 0.3) is 0 Å². The molecule has 0 saturated carbocycles. The predicted octanol–water partition coefficient (Wildman–Crippen LogP) is 4.09. The van der Waals surface area contributed by atoms with Crippen LogP contribution in [0.15, 0.2) is 41.3 Å². The maximum absolute atomic E-state index is 8.95. The lowest BCUT2D eigenvalue weighted by Gasteiger charge is -2.09. The van der Waals surface area contributed by atoms with Gasteiger partial charge in [0.1, 0.15) is 5.75 Å². The third-order valence-electron chi connectivity index (χ3n) is 2.75. The quantitative estimate of drug-likeness (QED) is 0.682. The maximum Gasteiger partial charge on any atom is 0.122 e. The van der Waals surface area contributed by atoms with Gasteiger partial charge in [0.05, 0.1) is 23.8 Å². The first kappa shape index (κ1) is 14.6. The summed E-state index contributed by atoms with van der Waals surface area (Å²) in [6.45, 7) is 0. The summed E-state index contributed by atoms with van der Waals surface area (Å²) in [6.07, 6.45) is 0. The smallest absolute Gasteiger partial charge is 0.122 e. The minimum atomic E-state index is 0.616. The molecule has 2 rings (SSSR count). The van der Waals surface area contributed by atoms with Crippen LogP contribution >= 0.6 is 23.4 Å². The van der Waals surface area contributed by atoms with E-state index in [-0.39, 0.29) is 0 Å². The minimum Gasteiger partial charge on any atom is -0.496 e. The second-order valence-corrected chi connectivity index (χ2v) is 5.54. The highest BCUT2D eigenvalue weighted by atomic mass is 35.5. The summed E-state index contributed by atoms with van der Waals surface area (Å²) in [4.78, 5) is 0.949. The van der Waals surface area contributed by atoms with Crippen LogP contribution in [0.3, 0.4) is 0 Å². The summed E-state index contributed by atoms with van der Waals surface area (Å²) in [7, 11) is 1.62. The maximum atomic E-state index is 8.95. The number of nitriles is 1. The van der Waals surface area contributed by atoms with Crippen LogP contribution in [0.4, 0.5) is 5.69 Å². The van der Waals surface area contributed by atoms with Crippen molar-refractivity contribution in [1.29, 1.82) is 5.26 Å². The van der Waals surface area contributed by atoms with Crippen LogP contribution in [-0.2, 0) is 5.75 Å². The summed E-state index contributed by atoms with van der Waals surface area (Å²) in [6, 6.07) is 12.9. The Balaban J connectivity index is 2.20. The topological polar surface area (TPSA) is 59.0 Å². The van der Waals surface area contributed by atoms with Gasteiger partial charge in [-0.1, -0.05) is 11.6 Å². The van der Waals surface area contributed by atoms with Crippen molar-refractivity contribution >= 4 is 29.1 Å². The number of benzene rings is 2. The summed E-state index contributed by atoms with van der Waals surface area (Å²) in [5, 5.41) is 9.58. The lowest BCUT2D eigenvalue weighted by atomic mass is 10.1. The van der Waals surface area contributed by atoms with E-state index >= 15 is 0 Å². The number of halogens is 1. The Morgan fingerprint density at radius 2 is 2.10 bits per heavy atom. The first-order valence-corrected chi connectivity index (χ1v) is 7.25. The van der Waals surface area contributed by atoms with Gasteiger partial charge in [-0.15, -0.1) is 11.8 Å². The van der Waals surface area contributed by atoms with E-state index in [2.05, 4.69) is 6.07 Å². The molecule has 0 aliphatic heterocycles. The van der Waals surface area contributed by atoms with Crippen molar-refractivity contribution in [2.75, 3.05) is 12.8 Å². The largest absolute Gasteiger partial charge is 0.496 e. The number of rotatable bonds is 4. The Bertz CT molecular complexity index is 667. The van der Waals surface area contributed by atoms with Gasteiger partial charge in [-0.05, 0) is 36.4 Å².